The Kier molecular flexibility index (Phi) is 2.72. The van der Waals surface area contributed by atoms with Crippen LogP contribution in [-0.4, -0.2) is 40.2 Å². The number of rotatable bonds is 3. The number of benzene rings is 1. The Morgan fingerprint density at radius 3 is 2.57 bits per heavy atom. The number of aliphatic hydroxyl groups is 1. The van der Waals surface area contributed by atoms with E-state index in [1.54, 1.807) is 12.2 Å². The highest BCUT2D eigenvalue weighted by Crippen LogP contribution is 2.52. The second-order valence-electron chi connectivity index (χ2n) is 5.84. The van der Waals surface area contributed by atoms with Crippen molar-refractivity contribution in [1.82, 2.24) is 0 Å². The normalized spacial score (nSPS) is 34.3. The van der Waals surface area contributed by atoms with E-state index in [4.69, 9.17) is 4.74 Å². The van der Waals surface area contributed by atoms with Crippen molar-refractivity contribution in [3.8, 4) is 0 Å². The number of nitro groups is 1. The molecule has 8 heteroatoms. The summed E-state index contributed by atoms with van der Waals surface area (Å²) < 4.78 is 5.63. The number of nitro benzene ring substituents is 1. The molecule has 8 nitrogen and oxygen atoms in total. The van der Waals surface area contributed by atoms with Gasteiger partial charge in [-0.2, -0.15) is 0 Å². The highest BCUT2D eigenvalue weighted by molar-refractivity contribution is 6.23. The first kappa shape index (κ1) is 14.0. The lowest BCUT2D eigenvalue weighted by Crippen LogP contribution is -2.43. The second kappa shape index (κ2) is 4.46. The van der Waals surface area contributed by atoms with Crippen LogP contribution in [-0.2, 0) is 14.3 Å². The molecule has 3 aliphatic rings. The number of carbonyl (C=O) groups is 2. The topological polar surface area (TPSA) is 110 Å². The van der Waals surface area contributed by atoms with Gasteiger partial charge in [0.25, 0.3) is 5.69 Å². The molecule has 0 spiro atoms. The molecule has 0 radical (unpaired) electrons. The van der Waals surface area contributed by atoms with Gasteiger partial charge >= 0.3 is 0 Å². The van der Waals surface area contributed by atoms with Gasteiger partial charge in [-0.15, -0.1) is 0 Å². The summed E-state index contributed by atoms with van der Waals surface area (Å²) in [6.07, 6.45) is 2.82. The van der Waals surface area contributed by atoms with E-state index >= 15 is 0 Å². The van der Waals surface area contributed by atoms with Crippen molar-refractivity contribution in [3.63, 3.8) is 0 Å². The van der Waals surface area contributed by atoms with Gasteiger partial charge in [0.1, 0.15) is 5.60 Å². The Morgan fingerprint density at radius 2 is 1.96 bits per heavy atom. The molecule has 4 atom stereocenters. The molecule has 1 N–H and O–H groups in total. The SMILES string of the molecule is O=C1[C@H]2[C@@H]3C=C[C@@](CO)(O3)[C@H]2C(=O)N1c1ccc([N+](=O)[O-])cc1. The number of imide groups is 1. The molecule has 4 rings (SSSR count). The molecule has 2 fully saturated rings. The zero-order valence-corrected chi connectivity index (χ0v) is 11.8. The molecule has 2 bridgehead atoms. The van der Waals surface area contributed by atoms with Crippen LogP contribution in [0, 0.1) is 22.0 Å². The number of amides is 2. The molecule has 3 heterocycles. The van der Waals surface area contributed by atoms with Crippen molar-refractivity contribution in [1.29, 1.82) is 0 Å². The monoisotopic (exact) mass is 316 g/mol. The molecule has 0 saturated carbocycles. The zero-order valence-electron chi connectivity index (χ0n) is 11.8. The van der Waals surface area contributed by atoms with E-state index in [-0.39, 0.29) is 18.0 Å². The van der Waals surface area contributed by atoms with Crippen molar-refractivity contribution in [3.05, 3.63) is 46.5 Å². The number of ether oxygens (including phenoxy) is 1. The molecule has 3 aliphatic heterocycles. The highest BCUT2D eigenvalue weighted by atomic mass is 16.6. The zero-order chi connectivity index (χ0) is 16.4. The molecule has 118 valence electrons. The Bertz CT molecular complexity index is 758. The first-order valence-corrected chi connectivity index (χ1v) is 7.09. The maximum atomic E-state index is 12.7. The van der Waals surface area contributed by atoms with Crippen molar-refractivity contribution in [2.45, 2.75) is 11.7 Å². The molecule has 0 aromatic heterocycles. The van der Waals surface area contributed by atoms with Gasteiger partial charge in [-0.05, 0) is 12.1 Å². The minimum absolute atomic E-state index is 0.120. The van der Waals surface area contributed by atoms with E-state index in [2.05, 4.69) is 0 Å². The Labute approximate surface area is 130 Å². The van der Waals surface area contributed by atoms with E-state index in [9.17, 15) is 24.8 Å². The number of aliphatic hydroxyl groups excluding tert-OH is 1. The summed E-state index contributed by atoms with van der Waals surface area (Å²) in [6.45, 7) is -0.381. The molecular formula is C15H12N2O6. The van der Waals surface area contributed by atoms with Crippen LogP contribution < -0.4 is 4.90 Å². The van der Waals surface area contributed by atoms with Crippen LogP contribution in [0.4, 0.5) is 11.4 Å². The summed E-state index contributed by atoms with van der Waals surface area (Å²) in [6, 6.07) is 5.23. The molecular weight excluding hydrogens is 304 g/mol. The Balaban J connectivity index is 1.72. The molecule has 1 aromatic rings. The lowest BCUT2D eigenvalue weighted by Gasteiger charge is -2.26. The van der Waals surface area contributed by atoms with Gasteiger partial charge in [0, 0.05) is 12.1 Å². The minimum Gasteiger partial charge on any atom is -0.393 e. The van der Waals surface area contributed by atoms with Crippen LogP contribution in [0.15, 0.2) is 36.4 Å². The summed E-state index contributed by atoms with van der Waals surface area (Å²) in [4.78, 5) is 36.5. The number of hydrogen-bond acceptors (Lipinski definition) is 6. The summed E-state index contributed by atoms with van der Waals surface area (Å²) in [7, 11) is 0. The molecule has 0 unspecified atom stereocenters. The highest BCUT2D eigenvalue weighted by Gasteiger charge is 2.67. The number of carbonyl (C=O) groups excluding carboxylic acids is 2. The number of anilines is 1. The largest absolute Gasteiger partial charge is 0.393 e. The van der Waals surface area contributed by atoms with Crippen LogP contribution in [0.2, 0.25) is 0 Å². The molecule has 0 aliphatic carbocycles. The van der Waals surface area contributed by atoms with E-state index in [1.807, 2.05) is 0 Å². The van der Waals surface area contributed by atoms with E-state index < -0.39 is 40.3 Å². The fourth-order valence-electron chi connectivity index (χ4n) is 3.66. The van der Waals surface area contributed by atoms with Gasteiger partial charge in [-0.1, -0.05) is 12.2 Å². The molecule has 23 heavy (non-hydrogen) atoms. The van der Waals surface area contributed by atoms with Crippen molar-refractivity contribution >= 4 is 23.2 Å². The molecule has 1 aromatic carbocycles. The summed E-state index contributed by atoms with van der Waals surface area (Å²) in [5.41, 5.74) is -0.977. The van der Waals surface area contributed by atoms with Crippen molar-refractivity contribution in [2.24, 2.45) is 11.8 Å². The first-order chi connectivity index (χ1) is 11.0. The van der Waals surface area contributed by atoms with Crippen molar-refractivity contribution < 1.29 is 24.4 Å². The average molecular weight is 316 g/mol. The fraction of sp³-hybridized carbons (Fsp3) is 0.333. The summed E-state index contributed by atoms with van der Waals surface area (Å²) in [5.74, 6) is -2.27. The summed E-state index contributed by atoms with van der Waals surface area (Å²) in [5, 5.41) is 20.3. The number of non-ortho nitro benzene ring substituents is 1. The van der Waals surface area contributed by atoms with E-state index in [1.165, 1.54) is 24.3 Å². The van der Waals surface area contributed by atoms with Gasteiger partial charge in [0.15, 0.2) is 0 Å². The number of hydrogen-bond donors (Lipinski definition) is 1. The van der Waals surface area contributed by atoms with E-state index in [0.717, 1.165) is 4.90 Å². The smallest absolute Gasteiger partial charge is 0.269 e. The lowest BCUT2D eigenvalue weighted by atomic mass is 9.77. The third kappa shape index (κ3) is 1.67. The Morgan fingerprint density at radius 1 is 1.26 bits per heavy atom. The minimum atomic E-state index is -1.14. The predicted octanol–water partition coefficient (Wildman–Crippen LogP) is 0.400. The number of nitrogens with zero attached hydrogens (tertiary/aromatic N) is 2. The van der Waals surface area contributed by atoms with Crippen LogP contribution >= 0.6 is 0 Å². The van der Waals surface area contributed by atoms with Gasteiger partial charge in [-0.25, -0.2) is 4.90 Å². The maximum absolute atomic E-state index is 12.7. The van der Waals surface area contributed by atoms with E-state index in [0.29, 0.717) is 0 Å². The van der Waals surface area contributed by atoms with Crippen molar-refractivity contribution in [2.75, 3.05) is 11.5 Å². The van der Waals surface area contributed by atoms with Crippen LogP contribution in [0.1, 0.15) is 0 Å². The fourth-order valence-corrected chi connectivity index (χ4v) is 3.66. The van der Waals surface area contributed by atoms with Gasteiger partial charge in [0.2, 0.25) is 11.8 Å². The maximum Gasteiger partial charge on any atom is 0.269 e. The lowest BCUT2D eigenvalue weighted by molar-refractivity contribution is -0.384. The van der Waals surface area contributed by atoms with Gasteiger partial charge < -0.3 is 9.84 Å². The predicted molar refractivity (Wildman–Crippen MR) is 76.4 cm³/mol. The quantitative estimate of drug-likeness (QED) is 0.374. The molecule has 2 amide bonds. The van der Waals surface area contributed by atoms with Gasteiger partial charge in [-0.3, -0.25) is 19.7 Å². The Hall–Kier alpha value is -2.58. The van der Waals surface area contributed by atoms with Crippen LogP contribution in [0.5, 0.6) is 0 Å². The number of fused-ring (bicyclic) bond motifs is 5. The van der Waals surface area contributed by atoms with Crippen LogP contribution in [0.3, 0.4) is 0 Å². The third-order valence-corrected chi connectivity index (χ3v) is 4.72. The summed E-state index contributed by atoms with van der Waals surface area (Å²) >= 11 is 0. The average Bonchev–Trinajstić information content (AvgIpc) is 3.19. The first-order valence-electron chi connectivity index (χ1n) is 7.09. The molecule has 2 saturated heterocycles. The standard InChI is InChI=1S/C15H12N2O6/c18-7-15-6-5-10(23-15)11-12(15)14(20)16(13(11)19)8-1-3-9(4-2-8)17(21)22/h1-6,10-12,18H,7H2/t10-,11-,12+,15-/m0/s1. The third-order valence-electron chi connectivity index (χ3n) is 4.72. The van der Waals surface area contributed by atoms with Gasteiger partial charge in [0.05, 0.1) is 35.2 Å². The van der Waals surface area contributed by atoms with Crippen LogP contribution in [0.25, 0.3) is 0 Å². The second-order valence-corrected chi connectivity index (χ2v) is 5.84.